The van der Waals surface area contributed by atoms with Crippen molar-refractivity contribution in [2.45, 2.75) is 6.42 Å². The molecular weight excluding hydrogens is 230 g/mol. The highest BCUT2D eigenvalue weighted by Gasteiger charge is 2.06. The highest BCUT2D eigenvalue weighted by atomic mass is 16.4. The molecule has 0 atom stereocenters. The van der Waals surface area contributed by atoms with Gasteiger partial charge in [0.15, 0.2) is 0 Å². The number of benzene rings is 1. The molecule has 0 aliphatic carbocycles. The van der Waals surface area contributed by atoms with Gasteiger partial charge in [-0.3, -0.25) is 0 Å². The van der Waals surface area contributed by atoms with E-state index < -0.39 is 5.97 Å². The van der Waals surface area contributed by atoms with Gasteiger partial charge in [0.25, 0.3) is 0 Å². The van der Waals surface area contributed by atoms with Gasteiger partial charge in [-0.05, 0) is 42.6 Å². The van der Waals surface area contributed by atoms with Crippen molar-refractivity contribution < 1.29 is 9.90 Å². The second kappa shape index (κ2) is 5.46. The summed E-state index contributed by atoms with van der Waals surface area (Å²) in [4.78, 5) is 15.1. The number of anilines is 1. The van der Waals surface area contributed by atoms with Crippen molar-refractivity contribution >= 4 is 22.6 Å². The number of hydrogen-bond acceptors (Lipinski definition) is 4. The summed E-state index contributed by atoms with van der Waals surface area (Å²) in [5.74, 6) is -0.163. The maximum Gasteiger partial charge on any atom is 0.335 e. The number of carboxylic acids is 1. The lowest BCUT2D eigenvalue weighted by atomic mass is 10.1. The first-order valence-electron chi connectivity index (χ1n) is 5.78. The number of nitrogens with two attached hydrogens (primary N) is 1. The van der Waals surface area contributed by atoms with Crippen molar-refractivity contribution in [2.75, 3.05) is 18.4 Å². The Bertz CT molecular complexity index is 569. The lowest BCUT2D eigenvalue weighted by Gasteiger charge is -2.08. The molecule has 0 unspecified atom stereocenters. The first-order chi connectivity index (χ1) is 8.72. The molecule has 0 amide bonds. The molecule has 1 aromatic carbocycles. The third-order valence-electron chi connectivity index (χ3n) is 2.68. The van der Waals surface area contributed by atoms with Gasteiger partial charge < -0.3 is 16.2 Å². The van der Waals surface area contributed by atoms with Crippen LogP contribution in [0.15, 0.2) is 30.5 Å². The van der Waals surface area contributed by atoms with E-state index in [4.69, 9.17) is 10.8 Å². The van der Waals surface area contributed by atoms with Crippen molar-refractivity contribution in [3.63, 3.8) is 0 Å². The first kappa shape index (κ1) is 12.3. The largest absolute Gasteiger partial charge is 0.478 e. The Morgan fingerprint density at radius 2 is 2.22 bits per heavy atom. The monoisotopic (exact) mass is 245 g/mol. The van der Waals surface area contributed by atoms with Crippen LogP contribution in [0, 0.1) is 0 Å². The van der Waals surface area contributed by atoms with E-state index in [1.807, 2.05) is 0 Å². The number of aromatic carboxylic acids is 1. The SMILES string of the molecule is NCCCNc1nccc2cc(C(=O)O)ccc12. The Labute approximate surface area is 105 Å². The molecule has 0 aliphatic heterocycles. The van der Waals surface area contributed by atoms with E-state index in [0.717, 1.165) is 29.6 Å². The highest BCUT2D eigenvalue weighted by Crippen LogP contribution is 2.22. The number of hydrogen-bond donors (Lipinski definition) is 3. The second-order valence-electron chi connectivity index (χ2n) is 3.97. The van der Waals surface area contributed by atoms with Crippen LogP contribution in [-0.2, 0) is 0 Å². The molecule has 1 heterocycles. The van der Waals surface area contributed by atoms with Crippen molar-refractivity contribution in [3.05, 3.63) is 36.0 Å². The van der Waals surface area contributed by atoms with Gasteiger partial charge in [-0.25, -0.2) is 9.78 Å². The number of nitrogens with one attached hydrogen (secondary N) is 1. The van der Waals surface area contributed by atoms with Gasteiger partial charge in [-0.2, -0.15) is 0 Å². The molecular formula is C13H15N3O2. The molecule has 0 radical (unpaired) electrons. The number of rotatable bonds is 5. The summed E-state index contributed by atoms with van der Waals surface area (Å²) in [5, 5.41) is 13.9. The van der Waals surface area contributed by atoms with Crippen molar-refractivity contribution in [1.82, 2.24) is 4.98 Å². The highest BCUT2D eigenvalue weighted by molar-refractivity contribution is 5.98. The van der Waals surface area contributed by atoms with E-state index in [1.165, 1.54) is 0 Å². The van der Waals surface area contributed by atoms with E-state index in [2.05, 4.69) is 10.3 Å². The number of aromatic nitrogens is 1. The summed E-state index contributed by atoms with van der Waals surface area (Å²) >= 11 is 0. The summed E-state index contributed by atoms with van der Waals surface area (Å²) in [6, 6.07) is 6.81. The molecule has 5 nitrogen and oxygen atoms in total. The zero-order valence-electron chi connectivity index (χ0n) is 9.89. The van der Waals surface area contributed by atoms with Crippen LogP contribution in [0.1, 0.15) is 16.8 Å². The van der Waals surface area contributed by atoms with Crippen LogP contribution >= 0.6 is 0 Å². The molecule has 0 fully saturated rings. The van der Waals surface area contributed by atoms with Crippen LogP contribution < -0.4 is 11.1 Å². The minimum absolute atomic E-state index is 0.279. The van der Waals surface area contributed by atoms with Crippen LogP contribution in [0.2, 0.25) is 0 Å². The molecule has 5 heteroatoms. The van der Waals surface area contributed by atoms with Gasteiger partial charge >= 0.3 is 5.97 Å². The van der Waals surface area contributed by atoms with E-state index in [1.54, 1.807) is 30.5 Å². The zero-order valence-corrected chi connectivity index (χ0v) is 9.89. The smallest absolute Gasteiger partial charge is 0.335 e. The molecule has 18 heavy (non-hydrogen) atoms. The van der Waals surface area contributed by atoms with Gasteiger partial charge in [0.05, 0.1) is 5.56 Å². The molecule has 0 saturated carbocycles. The maximum atomic E-state index is 10.9. The fourth-order valence-electron chi connectivity index (χ4n) is 1.76. The average Bonchev–Trinajstić information content (AvgIpc) is 2.38. The molecule has 2 aromatic rings. The van der Waals surface area contributed by atoms with Crippen molar-refractivity contribution in [1.29, 1.82) is 0 Å². The molecule has 1 aromatic heterocycles. The Morgan fingerprint density at radius 3 is 2.94 bits per heavy atom. The van der Waals surface area contributed by atoms with E-state index in [9.17, 15) is 4.79 Å². The minimum atomic E-state index is -0.925. The topological polar surface area (TPSA) is 88.2 Å². The normalized spacial score (nSPS) is 10.5. The van der Waals surface area contributed by atoms with Gasteiger partial charge in [0.2, 0.25) is 0 Å². The lowest BCUT2D eigenvalue weighted by Crippen LogP contribution is -2.09. The number of fused-ring (bicyclic) bond motifs is 1. The zero-order chi connectivity index (χ0) is 13.0. The van der Waals surface area contributed by atoms with Crippen LogP contribution in [-0.4, -0.2) is 29.1 Å². The number of pyridine rings is 1. The van der Waals surface area contributed by atoms with Crippen LogP contribution in [0.5, 0.6) is 0 Å². The molecule has 0 spiro atoms. The van der Waals surface area contributed by atoms with Gasteiger partial charge in [-0.15, -0.1) is 0 Å². The summed E-state index contributed by atoms with van der Waals surface area (Å²) in [6.07, 6.45) is 2.53. The fraction of sp³-hybridized carbons (Fsp3) is 0.231. The van der Waals surface area contributed by atoms with Crippen LogP contribution in [0.3, 0.4) is 0 Å². The van der Waals surface area contributed by atoms with Crippen molar-refractivity contribution in [3.8, 4) is 0 Å². The number of carboxylic acid groups (broad SMARTS) is 1. The Hall–Kier alpha value is -2.14. The fourth-order valence-corrected chi connectivity index (χ4v) is 1.76. The minimum Gasteiger partial charge on any atom is -0.478 e. The van der Waals surface area contributed by atoms with E-state index in [0.29, 0.717) is 6.54 Å². The summed E-state index contributed by atoms with van der Waals surface area (Å²) < 4.78 is 0. The predicted molar refractivity (Wildman–Crippen MR) is 70.9 cm³/mol. The quantitative estimate of drug-likeness (QED) is 0.698. The molecule has 94 valence electrons. The summed E-state index contributed by atoms with van der Waals surface area (Å²) in [6.45, 7) is 1.38. The maximum absolute atomic E-state index is 10.9. The third-order valence-corrected chi connectivity index (χ3v) is 2.68. The molecule has 0 aliphatic rings. The van der Waals surface area contributed by atoms with Gasteiger partial charge in [0.1, 0.15) is 5.82 Å². The molecule has 0 saturated heterocycles. The van der Waals surface area contributed by atoms with E-state index in [-0.39, 0.29) is 5.56 Å². The first-order valence-corrected chi connectivity index (χ1v) is 5.78. The summed E-state index contributed by atoms with van der Waals surface area (Å²) in [7, 11) is 0. The number of carbonyl (C=O) groups is 1. The van der Waals surface area contributed by atoms with Gasteiger partial charge in [0, 0.05) is 18.1 Å². The summed E-state index contributed by atoms with van der Waals surface area (Å²) in [5.41, 5.74) is 5.71. The van der Waals surface area contributed by atoms with Crippen molar-refractivity contribution in [2.24, 2.45) is 5.73 Å². The van der Waals surface area contributed by atoms with Gasteiger partial charge in [-0.1, -0.05) is 0 Å². The Kier molecular flexibility index (Phi) is 3.74. The lowest BCUT2D eigenvalue weighted by molar-refractivity contribution is 0.0697. The van der Waals surface area contributed by atoms with E-state index >= 15 is 0 Å². The molecule has 2 rings (SSSR count). The second-order valence-corrected chi connectivity index (χ2v) is 3.97. The van der Waals surface area contributed by atoms with Crippen LogP contribution in [0.4, 0.5) is 5.82 Å². The Morgan fingerprint density at radius 1 is 1.39 bits per heavy atom. The number of nitrogens with zero attached hydrogens (tertiary/aromatic N) is 1. The average molecular weight is 245 g/mol. The molecule has 4 N–H and O–H groups in total. The third kappa shape index (κ3) is 2.57. The van der Waals surface area contributed by atoms with Crippen LogP contribution in [0.25, 0.3) is 10.8 Å². The Balaban J connectivity index is 2.34. The standard InChI is InChI=1S/C13H15N3O2/c14-5-1-6-15-12-11-3-2-10(13(17)18)8-9(11)4-7-16-12/h2-4,7-8H,1,5-6,14H2,(H,15,16)(H,17,18). The predicted octanol–water partition coefficient (Wildman–Crippen LogP) is 1.69. The molecule has 0 bridgehead atoms.